The molecule has 1 aliphatic rings. The summed E-state index contributed by atoms with van der Waals surface area (Å²) in [6.07, 6.45) is 0.927. The maximum absolute atomic E-state index is 12.8. The Labute approximate surface area is 173 Å². The second kappa shape index (κ2) is 8.80. The number of ether oxygens (including phenoxy) is 1. The highest BCUT2D eigenvalue weighted by Gasteiger charge is 2.21. The molecule has 144 valence electrons. The molecule has 2 aromatic carbocycles. The van der Waals surface area contributed by atoms with Crippen LogP contribution in [0.5, 0.6) is 5.75 Å². The Hall–Kier alpha value is -2.31. The molecular weight excluding hydrogens is 388 g/mol. The molecule has 0 spiro atoms. The van der Waals surface area contributed by atoms with Gasteiger partial charge in [-0.1, -0.05) is 30.3 Å². The van der Waals surface area contributed by atoms with Crippen molar-refractivity contribution in [1.29, 1.82) is 0 Å². The normalized spacial score (nSPS) is 15.5. The van der Waals surface area contributed by atoms with Gasteiger partial charge in [0.2, 0.25) is 0 Å². The molecule has 6 heteroatoms. The van der Waals surface area contributed by atoms with Crippen molar-refractivity contribution in [1.82, 2.24) is 10.3 Å². The number of amides is 1. The maximum atomic E-state index is 12.8. The molecule has 1 amide bonds. The van der Waals surface area contributed by atoms with Gasteiger partial charge in [0.25, 0.3) is 5.91 Å². The Morgan fingerprint density at radius 2 is 2.07 bits per heavy atom. The number of aromatic nitrogens is 1. The molecule has 1 aliphatic heterocycles. The van der Waals surface area contributed by atoms with Crippen LogP contribution in [0, 0.1) is 12.8 Å². The molecule has 0 fully saturated rings. The van der Waals surface area contributed by atoms with Crippen molar-refractivity contribution in [3.05, 3.63) is 75.7 Å². The van der Waals surface area contributed by atoms with E-state index in [1.54, 1.807) is 23.1 Å². The van der Waals surface area contributed by atoms with Gasteiger partial charge in [0.1, 0.15) is 5.75 Å². The molecule has 4 nitrogen and oxygen atoms in total. The number of hydrogen-bond acceptors (Lipinski definition) is 5. The number of fused-ring (bicyclic) bond motifs is 1. The summed E-state index contributed by atoms with van der Waals surface area (Å²) in [7, 11) is 0. The minimum absolute atomic E-state index is 0.0311. The molecule has 4 rings (SSSR count). The molecule has 0 radical (unpaired) electrons. The van der Waals surface area contributed by atoms with Crippen LogP contribution in [0.1, 0.15) is 26.6 Å². The monoisotopic (exact) mass is 410 g/mol. The van der Waals surface area contributed by atoms with Crippen LogP contribution < -0.4 is 10.1 Å². The summed E-state index contributed by atoms with van der Waals surface area (Å²) in [5.74, 6) is 1.99. The summed E-state index contributed by atoms with van der Waals surface area (Å²) in [5, 5.41) is 6.24. The summed E-state index contributed by atoms with van der Waals surface area (Å²) >= 11 is 3.31. The van der Waals surface area contributed by atoms with Gasteiger partial charge < -0.3 is 10.1 Å². The Morgan fingerprint density at radius 3 is 2.93 bits per heavy atom. The predicted molar refractivity (Wildman–Crippen MR) is 114 cm³/mol. The third-order valence-electron chi connectivity index (χ3n) is 4.68. The fourth-order valence-electron chi connectivity index (χ4n) is 3.26. The van der Waals surface area contributed by atoms with Gasteiger partial charge in [-0.3, -0.25) is 4.79 Å². The number of thioether (sulfide) groups is 1. The van der Waals surface area contributed by atoms with Crippen LogP contribution in [0.4, 0.5) is 0 Å². The van der Waals surface area contributed by atoms with Crippen LogP contribution in [0.3, 0.4) is 0 Å². The Bertz CT molecular complexity index is 970. The lowest BCUT2D eigenvalue weighted by atomic mass is 9.96. The minimum Gasteiger partial charge on any atom is -0.493 e. The maximum Gasteiger partial charge on any atom is 0.252 e. The van der Waals surface area contributed by atoms with Gasteiger partial charge in [-0.2, -0.15) is 0 Å². The molecule has 1 unspecified atom stereocenters. The molecule has 1 atom stereocenters. The second-order valence-corrected chi connectivity index (χ2v) is 8.92. The van der Waals surface area contributed by atoms with Crippen molar-refractivity contribution in [3.63, 3.8) is 0 Å². The number of nitrogens with one attached hydrogen (secondary N) is 1. The molecule has 1 aromatic heterocycles. The lowest BCUT2D eigenvalue weighted by molar-refractivity contribution is 0.0936. The molecular formula is C22H22N2O2S2. The number of rotatable bonds is 6. The fourth-order valence-corrected chi connectivity index (χ4v) is 4.92. The van der Waals surface area contributed by atoms with Crippen molar-refractivity contribution in [2.24, 2.45) is 5.92 Å². The third-order valence-corrected chi connectivity index (χ3v) is 6.61. The Morgan fingerprint density at radius 1 is 1.25 bits per heavy atom. The van der Waals surface area contributed by atoms with Crippen LogP contribution in [0.2, 0.25) is 0 Å². The summed E-state index contributed by atoms with van der Waals surface area (Å²) in [5.41, 5.74) is 2.99. The van der Waals surface area contributed by atoms with Crippen molar-refractivity contribution in [2.45, 2.75) is 24.0 Å². The third kappa shape index (κ3) is 4.56. The molecule has 1 N–H and O–H groups in total. The molecule has 0 saturated carbocycles. The zero-order valence-electron chi connectivity index (χ0n) is 15.7. The molecule has 3 aromatic rings. The first kappa shape index (κ1) is 19.0. The van der Waals surface area contributed by atoms with E-state index in [-0.39, 0.29) is 11.8 Å². The molecule has 2 heterocycles. The highest BCUT2D eigenvalue weighted by Crippen LogP contribution is 2.28. The number of carbonyl (C=O) groups is 1. The van der Waals surface area contributed by atoms with Crippen LogP contribution in [-0.2, 0) is 12.2 Å². The number of benzene rings is 2. The van der Waals surface area contributed by atoms with E-state index in [2.05, 4.69) is 21.7 Å². The average Bonchev–Trinajstić information content (AvgIpc) is 3.15. The molecule has 0 bridgehead atoms. The van der Waals surface area contributed by atoms with Crippen molar-refractivity contribution in [3.8, 4) is 5.75 Å². The molecule has 0 saturated heterocycles. The van der Waals surface area contributed by atoms with Gasteiger partial charge in [0, 0.05) is 28.5 Å². The highest BCUT2D eigenvalue weighted by atomic mass is 32.2. The first-order chi connectivity index (χ1) is 13.7. The summed E-state index contributed by atoms with van der Waals surface area (Å²) in [4.78, 5) is 18.3. The number of carbonyl (C=O) groups excluding carboxylic acids is 1. The van der Waals surface area contributed by atoms with Crippen LogP contribution in [0.25, 0.3) is 0 Å². The predicted octanol–water partition coefficient (Wildman–Crippen LogP) is 4.72. The Balaban J connectivity index is 1.36. The average molecular weight is 411 g/mol. The molecule has 0 aliphatic carbocycles. The van der Waals surface area contributed by atoms with Gasteiger partial charge in [-0.05, 0) is 37.1 Å². The molecule has 28 heavy (non-hydrogen) atoms. The van der Waals surface area contributed by atoms with Crippen LogP contribution in [0.15, 0.2) is 58.8 Å². The van der Waals surface area contributed by atoms with Crippen LogP contribution in [-0.4, -0.2) is 24.0 Å². The van der Waals surface area contributed by atoms with Crippen molar-refractivity contribution < 1.29 is 9.53 Å². The van der Waals surface area contributed by atoms with Gasteiger partial charge in [-0.15, -0.1) is 23.1 Å². The zero-order valence-corrected chi connectivity index (χ0v) is 17.3. The van der Waals surface area contributed by atoms with E-state index < -0.39 is 0 Å². The summed E-state index contributed by atoms with van der Waals surface area (Å²) < 4.78 is 5.83. The van der Waals surface area contributed by atoms with E-state index in [9.17, 15) is 4.79 Å². The fraction of sp³-hybridized carbons (Fsp3) is 0.273. The second-order valence-electron chi connectivity index (χ2n) is 6.84. The number of para-hydroxylation sites is 1. The Kier molecular flexibility index (Phi) is 5.98. The van der Waals surface area contributed by atoms with Gasteiger partial charge in [-0.25, -0.2) is 4.98 Å². The van der Waals surface area contributed by atoms with Gasteiger partial charge in [0.15, 0.2) is 0 Å². The van der Waals surface area contributed by atoms with Gasteiger partial charge >= 0.3 is 0 Å². The summed E-state index contributed by atoms with van der Waals surface area (Å²) in [6.45, 7) is 3.25. The van der Waals surface area contributed by atoms with Crippen molar-refractivity contribution >= 4 is 29.0 Å². The van der Waals surface area contributed by atoms with E-state index in [0.717, 1.165) is 39.1 Å². The van der Waals surface area contributed by atoms with Gasteiger partial charge in [0.05, 0.1) is 22.9 Å². The lowest BCUT2D eigenvalue weighted by Gasteiger charge is -2.25. The minimum atomic E-state index is -0.0311. The SMILES string of the molecule is Cc1nc(CSc2ccccc2C(=O)NCC2COc3ccccc3C2)cs1. The lowest BCUT2D eigenvalue weighted by Crippen LogP contribution is -2.35. The van der Waals surface area contributed by atoms with Crippen molar-refractivity contribution in [2.75, 3.05) is 13.2 Å². The van der Waals surface area contributed by atoms with E-state index >= 15 is 0 Å². The smallest absolute Gasteiger partial charge is 0.252 e. The first-order valence-electron chi connectivity index (χ1n) is 9.31. The standard InChI is InChI=1S/C22H22N2O2S2/c1-15-24-18(13-27-15)14-28-21-9-5-3-7-19(21)22(25)23-11-16-10-17-6-2-4-8-20(17)26-12-16/h2-9,13,16H,10-12,14H2,1H3,(H,23,25). The highest BCUT2D eigenvalue weighted by molar-refractivity contribution is 7.98. The quantitative estimate of drug-likeness (QED) is 0.597. The topological polar surface area (TPSA) is 51.2 Å². The van der Waals surface area contributed by atoms with E-state index in [0.29, 0.717) is 13.2 Å². The largest absolute Gasteiger partial charge is 0.493 e. The van der Waals surface area contributed by atoms with E-state index in [1.165, 1.54) is 5.56 Å². The van der Waals surface area contributed by atoms with E-state index in [4.69, 9.17) is 4.74 Å². The number of aryl methyl sites for hydroxylation is 1. The van der Waals surface area contributed by atoms with E-state index in [1.807, 2.05) is 49.4 Å². The zero-order chi connectivity index (χ0) is 19.3. The number of thiazole rings is 1. The number of nitrogens with zero attached hydrogens (tertiary/aromatic N) is 1. The summed E-state index contributed by atoms with van der Waals surface area (Å²) in [6, 6.07) is 15.9. The van der Waals surface area contributed by atoms with Crippen LogP contribution >= 0.6 is 23.1 Å². The first-order valence-corrected chi connectivity index (χ1v) is 11.2. The number of hydrogen-bond donors (Lipinski definition) is 1.